The van der Waals surface area contributed by atoms with Crippen molar-refractivity contribution in [3.05, 3.63) is 0 Å². The molecule has 0 saturated heterocycles. The number of rotatable bonds is 11. The Kier molecular flexibility index (Phi) is 9.86. The summed E-state index contributed by atoms with van der Waals surface area (Å²) >= 11 is 0. The van der Waals surface area contributed by atoms with Crippen LogP contribution >= 0.6 is 0 Å². The van der Waals surface area contributed by atoms with Crippen molar-refractivity contribution in [3.8, 4) is 0 Å². The molecule has 0 heterocycles. The molecule has 5 nitrogen and oxygen atoms in total. The average Bonchev–Trinajstić information content (AvgIpc) is 2.36. The van der Waals surface area contributed by atoms with E-state index in [1.54, 1.807) is 0 Å². The van der Waals surface area contributed by atoms with Gasteiger partial charge in [0.05, 0.1) is 0 Å². The number of carbonyl (C=O) groups is 2. The quantitative estimate of drug-likeness (QED) is 0.510. The fourth-order valence-electron chi connectivity index (χ4n) is 1.84. The van der Waals surface area contributed by atoms with Crippen LogP contribution in [0.25, 0.3) is 0 Å². The number of hydrogen-bond acceptors (Lipinski definition) is 2. The van der Waals surface area contributed by atoms with Gasteiger partial charge < -0.3 is 15.7 Å². The zero-order valence-electron chi connectivity index (χ0n) is 13.1. The van der Waals surface area contributed by atoms with Gasteiger partial charge in [0.2, 0.25) is 0 Å². The van der Waals surface area contributed by atoms with Gasteiger partial charge >= 0.3 is 12.0 Å². The molecule has 0 aliphatic carbocycles. The Morgan fingerprint density at radius 1 is 0.950 bits per heavy atom. The fraction of sp³-hybridized carbons (Fsp3) is 0.867. The van der Waals surface area contributed by atoms with E-state index in [2.05, 4.69) is 17.6 Å². The highest BCUT2D eigenvalue weighted by Crippen LogP contribution is 2.08. The molecule has 0 aliphatic heterocycles. The lowest BCUT2D eigenvalue weighted by molar-refractivity contribution is -0.142. The second kappa shape index (κ2) is 10.5. The van der Waals surface area contributed by atoms with Crippen molar-refractivity contribution in [2.75, 3.05) is 6.54 Å². The van der Waals surface area contributed by atoms with Gasteiger partial charge in [-0.3, -0.25) is 0 Å². The van der Waals surface area contributed by atoms with Gasteiger partial charge in [-0.25, -0.2) is 9.59 Å². The molecule has 20 heavy (non-hydrogen) atoms. The Bertz CT molecular complexity index is 291. The SMILES string of the molecule is CCCCCCCCCCNC(=O)NC(C)(C)C(=O)O. The fourth-order valence-corrected chi connectivity index (χ4v) is 1.84. The van der Waals surface area contributed by atoms with Crippen molar-refractivity contribution in [1.29, 1.82) is 0 Å². The minimum atomic E-state index is -1.23. The molecule has 0 bridgehead atoms. The molecular formula is C15H30N2O3. The van der Waals surface area contributed by atoms with Crippen molar-refractivity contribution in [2.45, 2.75) is 77.7 Å². The van der Waals surface area contributed by atoms with Crippen molar-refractivity contribution in [3.63, 3.8) is 0 Å². The zero-order chi connectivity index (χ0) is 15.4. The standard InChI is InChI=1S/C15H30N2O3/c1-4-5-6-7-8-9-10-11-12-16-14(20)17-15(2,3)13(18)19/h4-12H2,1-3H3,(H,18,19)(H2,16,17,20). The maximum Gasteiger partial charge on any atom is 0.328 e. The zero-order valence-corrected chi connectivity index (χ0v) is 13.1. The second-order valence-corrected chi connectivity index (χ2v) is 5.79. The van der Waals surface area contributed by atoms with Crippen LogP contribution in [0.4, 0.5) is 4.79 Å². The Morgan fingerprint density at radius 2 is 1.45 bits per heavy atom. The van der Waals surface area contributed by atoms with Crippen LogP contribution < -0.4 is 10.6 Å². The van der Waals surface area contributed by atoms with E-state index in [0.29, 0.717) is 6.54 Å². The largest absolute Gasteiger partial charge is 0.480 e. The van der Waals surface area contributed by atoms with Gasteiger partial charge in [-0.15, -0.1) is 0 Å². The predicted octanol–water partition coefficient (Wildman–Crippen LogP) is 3.29. The first-order valence-corrected chi connectivity index (χ1v) is 7.69. The molecule has 0 saturated carbocycles. The second-order valence-electron chi connectivity index (χ2n) is 5.79. The van der Waals surface area contributed by atoms with E-state index in [9.17, 15) is 9.59 Å². The minimum absolute atomic E-state index is 0.416. The summed E-state index contributed by atoms with van der Waals surface area (Å²) in [4.78, 5) is 22.3. The van der Waals surface area contributed by atoms with Gasteiger partial charge in [0.25, 0.3) is 0 Å². The van der Waals surface area contributed by atoms with Gasteiger partial charge in [-0.2, -0.15) is 0 Å². The van der Waals surface area contributed by atoms with E-state index in [-0.39, 0.29) is 0 Å². The third-order valence-corrected chi connectivity index (χ3v) is 3.28. The molecule has 0 aromatic rings. The summed E-state index contributed by atoms with van der Waals surface area (Å²) in [6.07, 6.45) is 9.72. The number of carboxylic acids is 1. The summed E-state index contributed by atoms with van der Waals surface area (Å²) in [6, 6.07) is -0.416. The minimum Gasteiger partial charge on any atom is -0.480 e. The highest BCUT2D eigenvalue weighted by atomic mass is 16.4. The molecule has 118 valence electrons. The van der Waals surface area contributed by atoms with Crippen LogP contribution in [-0.2, 0) is 4.79 Å². The van der Waals surface area contributed by atoms with E-state index in [1.165, 1.54) is 52.4 Å². The van der Waals surface area contributed by atoms with E-state index in [4.69, 9.17) is 5.11 Å². The number of hydrogen-bond donors (Lipinski definition) is 3. The van der Waals surface area contributed by atoms with Crippen LogP contribution in [0.5, 0.6) is 0 Å². The number of unbranched alkanes of at least 4 members (excludes halogenated alkanes) is 7. The molecular weight excluding hydrogens is 256 g/mol. The molecule has 0 spiro atoms. The number of amides is 2. The highest BCUT2D eigenvalue weighted by Gasteiger charge is 2.28. The Morgan fingerprint density at radius 3 is 1.95 bits per heavy atom. The molecule has 0 aromatic heterocycles. The highest BCUT2D eigenvalue weighted by molar-refractivity contribution is 5.85. The molecule has 0 aliphatic rings. The van der Waals surface area contributed by atoms with Crippen LogP contribution in [-0.4, -0.2) is 29.2 Å². The molecule has 2 amide bonds. The monoisotopic (exact) mass is 286 g/mol. The normalized spacial score (nSPS) is 11.2. The third kappa shape index (κ3) is 9.64. The van der Waals surface area contributed by atoms with Gasteiger partial charge in [0, 0.05) is 6.54 Å². The van der Waals surface area contributed by atoms with Crippen molar-refractivity contribution in [2.24, 2.45) is 0 Å². The Labute approximate surface area is 122 Å². The molecule has 3 N–H and O–H groups in total. The first kappa shape index (κ1) is 18.7. The molecule has 5 heteroatoms. The van der Waals surface area contributed by atoms with Crippen molar-refractivity contribution in [1.82, 2.24) is 10.6 Å². The molecule has 0 atom stereocenters. The number of urea groups is 1. The van der Waals surface area contributed by atoms with E-state index in [0.717, 1.165) is 12.8 Å². The lowest BCUT2D eigenvalue weighted by Gasteiger charge is -2.21. The number of carbonyl (C=O) groups excluding carboxylic acids is 1. The van der Waals surface area contributed by atoms with E-state index < -0.39 is 17.5 Å². The summed E-state index contributed by atoms with van der Waals surface area (Å²) in [7, 11) is 0. The molecule has 0 rings (SSSR count). The maximum atomic E-state index is 11.5. The Hall–Kier alpha value is -1.26. The van der Waals surface area contributed by atoms with Crippen molar-refractivity contribution >= 4 is 12.0 Å². The summed E-state index contributed by atoms with van der Waals surface area (Å²) in [5.41, 5.74) is -1.23. The van der Waals surface area contributed by atoms with Crippen LogP contribution in [0.3, 0.4) is 0 Å². The van der Waals surface area contributed by atoms with Gasteiger partial charge in [-0.05, 0) is 20.3 Å². The topological polar surface area (TPSA) is 78.4 Å². The molecule has 0 aromatic carbocycles. The molecule has 0 unspecified atom stereocenters. The van der Waals surface area contributed by atoms with Gasteiger partial charge in [-0.1, -0.05) is 51.9 Å². The van der Waals surface area contributed by atoms with Crippen molar-refractivity contribution < 1.29 is 14.7 Å². The maximum absolute atomic E-state index is 11.5. The van der Waals surface area contributed by atoms with Gasteiger partial charge in [0.15, 0.2) is 0 Å². The molecule has 0 radical (unpaired) electrons. The summed E-state index contributed by atoms with van der Waals surface area (Å²) < 4.78 is 0. The summed E-state index contributed by atoms with van der Waals surface area (Å²) in [5, 5.41) is 14.0. The number of aliphatic carboxylic acids is 1. The first-order valence-electron chi connectivity index (χ1n) is 7.69. The lowest BCUT2D eigenvalue weighted by Crippen LogP contribution is -2.53. The smallest absolute Gasteiger partial charge is 0.328 e. The molecule has 0 fully saturated rings. The predicted molar refractivity (Wildman–Crippen MR) is 80.9 cm³/mol. The third-order valence-electron chi connectivity index (χ3n) is 3.28. The lowest BCUT2D eigenvalue weighted by atomic mass is 10.1. The summed E-state index contributed by atoms with van der Waals surface area (Å²) in [6.45, 7) is 5.73. The Balaban J connectivity index is 3.47. The van der Waals surface area contributed by atoms with E-state index >= 15 is 0 Å². The average molecular weight is 286 g/mol. The van der Waals surface area contributed by atoms with Crippen LogP contribution in [0, 0.1) is 0 Å². The first-order chi connectivity index (χ1) is 9.40. The van der Waals surface area contributed by atoms with Crippen LogP contribution in [0.15, 0.2) is 0 Å². The van der Waals surface area contributed by atoms with Gasteiger partial charge in [0.1, 0.15) is 5.54 Å². The van der Waals surface area contributed by atoms with Crippen LogP contribution in [0.2, 0.25) is 0 Å². The number of nitrogens with one attached hydrogen (secondary N) is 2. The number of carboxylic acid groups (broad SMARTS) is 1. The summed E-state index contributed by atoms with van der Waals surface area (Å²) in [5.74, 6) is -1.04. The van der Waals surface area contributed by atoms with E-state index in [1.807, 2.05) is 0 Å². The van der Waals surface area contributed by atoms with Crippen LogP contribution in [0.1, 0.15) is 72.1 Å².